The topological polar surface area (TPSA) is 131 Å². The molecule has 9 nitrogen and oxygen atoms in total. The van der Waals surface area contributed by atoms with Crippen LogP contribution >= 0.6 is 0 Å². The van der Waals surface area contributed by atoms with Crippen molar-refractivity contribution in [2.45, 2.75) is 43.0 Å². The minimum Gasteiger partial charge on any atom is -0.379 e. The average molecular weight is 606 g/mol. The first-order valence-corrected chi connectivity index (χ1v) is 15.9. The number of hydrogen-bond donors (Lipinski definition) is 2. The highest BCUT2D eigenvalue weighted by Gasteiger charge is 2.26. The van der Waals surface area contributed by atoms with E-state index in [-0.39, 0.29) is 22.0 Å². The van der Waals surface area contributed by atoms with Crippen LogP contribution in [0.25, 0.3) is 0 Å². The van der Waals surface area contributed by atoms with Crippen molar-refractivity contribution >= 4 is 32.3 Å². The summed E-state index contributed by atoms with van der Waals surface area (Å²) in [7, 11) is -8.10. The van der Waals surface area contributed by atoms with Gasteiger partial charge in [-0.25, -0.2) is 13.8 Å². The highest BCUT2D eigenvalue weighted by molar-refractivity contribution is 7.89. The number of hydrazone groups is 1. The lowest BCUT2D eigenvalue weighted by molar-refractivity contribution is -0.122. The lowest BCUT2D eigenvalue weighted by Gasteiger charge is -2.18. The Morgan fingerprint density at radius 1 is 0.786 bits per heavy atom. The Morgan fingerprint density at radius 2 is 1.38 bits per heavy atom. The molecule has 42 heavy (non-hydrogen) atoms. The van der Waals surface area contributed by atoms with Crippen LogP contribution in [0.4, 0.5) is 0 Å². The molecule has 2 N–H and O–H groups in total. The monoisotopic (exact) mass is 605 g/mol. The highest BCUT2D eigenvalue weighted by atomic mass is 32.2. The number of amides is 1. The summed E-state index contributed by atoms with van der Waals surface area (Å²) < 4.78 is 59.3. The predicted octanol–water partition coefficient (Wildman–Crippen LogP) is 4.42. The molecule has 0 saturated carbocycles. The standard InChI is InChI=1S/C31H31N3O6S2/c1-22-7-15-28(16-8-22)41(36,37)34-30(31(35)33-32-21-26-6-4-5-24(3)19-26)20-25-11-13-27(14-12-25)40-42(38,39)29-17-9-23(2)10-18-29/h4-19,21,30,34H,20H2,1-3H3,(H,33,35)/b32-21+/t30-/m0/s1. The molecule has 0 heterocycles. The number of nitrogens with one attached hydrogen (secondary N) is 2. The number of aryl methyl sites for hydroxylation is 3. The van der Waals surface area contributed by atoms with Crippen LogP contribution in [0, 0.1) is 20.8 Å². The fourth-order valence-electron chi connectivity index (χ4n) is 3.96. The van der Waals surface area contributed by atoms with E-state index >= 15 is 0 Å². The molecule has 218 valence electrons. The smallest absolute Gasteiger partial charge is 0.339 e. The van der Waals surface area contributed by atoms with E-state index in [4.69, 9.17) is 4.18 Å². The summed E-state index contributed by atoms with van der Waals surface area (Å²) in [6.45, 7) is 5.62. The van der Waals surface area contributed by atoms with Gasteiger partial charge in [0.2, 0.25) is 10.0 Å². The van der Waals surface area contributed by atoms with Crippen LogP contribution < -0.4 is 14.3 Å². The van der Waals surface area contributed by atoms with E-state index in [1.165, 1.54) is 42.6 Å². The zero-order valence-corrected chi connectivity index (χ0v) is 24.9. The molecule has 0 bridgehead atoms. The van der Waals surface area contributed by atoms with Crippen molar-refractivity contribution in [3.05, 3.63) is 125 Å². The first kappa shape index (κ1) is 30.6. The van der Waals surface area contributed by atoms with Crippen LogP contribution in [0.15, 0.2) is 112 Å². The zero-order valence-electron chi connectivity index (χ0n) is 23.3. The summed E-state index contributed by atoms with van der Waals surface area (Å²) in [5.74, 6) is -0.597. The number of benzene rings is 4. The molecule has 0 spiro atoms. The minimum absolute atomic E-state index is 0.0132. The second-order valence-electron chi connectivity index (χ2n) is 9.83. The number of carbonyl (C=O) groups is 1. The molecule has 1 amide bonds. The number of carbonyl (C=O) groups excluding carboxylic acids is 1. The molecular formula is C31H31N3O6S2. The van der Waals surface area contributed by atoms with Crippen molar-refractivity contribution in [3.8, 4) is 5.75 Å². The van der Waals surface area contributed by atoms with Crippen LogP contribution in [0.5, 0.6) is 5.75 Å². The van der Waals surface area contributed by atoms with Crippen LogP contribution in [0.2, 0.25) is 0 Å². The van der Waals surface area contributed by atoms with Gasteiger partial charge < -0.3 is 4.18 Å². The SMILES string of the molecule is Cc1ccc(S(=O)(=O)N[C@@H](Cc2ccc(OS(=O)(=O)c3ccc(C)cc3)cc2)C(=O)N/N=C/c2cccc(C)c2)cc1. The van der Waals surface area contributed by atoms with Crippen molar-refractivity contribution in [1.29, 1.82) is 0 Å². The Balaban J connectivity index is 1.52. The van der Waals surface area contributed by atoms with Crippen LogP contribution in [-0.2, 0) is 31.4 Å². The van der Waals surface area contributed by atoms with Crippen LogP contribution in [0.3, 0.4) is 0 Å². The van der Waals surface area contributed by atoms with Crippen molar-refractivity contribution in [1.82, 2.24) is 10.1 Å². The largest absolute Gasteiger partial charge is 0.379 e. The van der Waals surface area contributed by atoms with Gasteiger partial charge in [-0.15, -0.1) is 0 Å². The van der Waals surface area contributed by atoms with Crippen molar-refractivity contribution in [2.24, 2.45) is 5.10 Å². The van der Waals surface area contributed by atoms with Gasteiger partial charge in [0, 0.05) is 0 Å². The molecule has 4 aromatic rings. The van der Waals surface area contributed by atoms with E-state index in [1.807, 2.05) is 45.0 Å². The number of sulfonamides is 1. The fraction of sp³-hybridized carbons (Fsp3) is 0.161. The second-order valence-corrected chi connectivity index (χ2v) is 13.1. The maximum atomic E-state index is 13.1. The maximum Gasteiger partial charge on any atom is 0.339 e. The summed E-state index contributed by atoms with van der Waals surface area (Å²) >= 11 is 0. The first-order chi connectivity index (χ1) is 19.9. The van der Waals surface area contributed by atoms with Gasteiger partial charge in [0.1, 0.15) is 16.7 Å². The van der Waals surface area contributed by atoms with Gasteiger partial charge in [0.05, 0.1) is 11.1 Å². The van der Waals surface area contributed by atoms with E-state index in [0.29, 0.717) is 5.56 Å². The molecule has 0 radical (unpaired) electrons. The second kappa shape index (κ2) is 13.1. The third-order valence-corrected chi connectivity index (χ3v) is 9.00. The predicted molar refractivity (Wildman–Crippen MR) is 161 cm³/mol. The summed E-state index contributed by atoms with van der Waals surface area (Å²) in [6.07, 6.45) is 1.43. The molecule has 0 aliphatic carbocycles. The van der Waals surface area contributed by atoms with E-state index < -0.39 is 32.1 Å². The van der Waals surface area contributed by atoms with Gasteiger partial charge >= 0.3 is 10.1 Å². The Morgan fingerprint density at radius 3 is 1.98 bits per heavy atom. The molecule has 4 rings (SSSR count). The quantitative estimate of drug-likeness (QED) is 0.148. The fourth-order valence-corrected chi connectivity index (χ4v) is 6.08. The first-order valence-electron chi connectivity index (χ1n) is 13.0. The maximum absolute atomic E-state index is 13.1. The summed E-state index contributed by atoms with van der Waals surface area (Å²) in [5.41, 5.74) is 6.57. The molecular weight excluding hydrogens is 574 g/mol. The molecule has 0 unspecified atom stereocenters. The third kappa shape index (κ3) is 8.35. The molecule has 11 heteroatoms. The molecule has 1 atom stereocenters. The van der Waals surface area contributed by atoms with Gasteiger partial charge in [-0.1, -0.05) is 77.4 Å². The van der Waals surface area contributed by atoms with E-state index in [9.17, 15) is 21.6 Å². The van der Waals surface area contributed by atoms with Gasteiger partial charge in [0.15, 0.2) is 0 Å². The molecule has 4 aromatic carbocycles. The normalized spacial score (nSPS) is 12.6. The van der Waals surface area contributed by atoms with Gasteiger partial charge in [0.25, 0.3) is 5.91 Å². The van der Waals surface area contributed by atoms with Crippen LogP contribution in [-0.4, -0.2) is 35.0 Å². The number of rotatable bonds is 11. The molecule has 0 aliphatic rings. The summed E-state index contributed by atoms with van der Waals surface area (Å²) in [6, 6.07) is 24.8. The third-order valence-electron chi connectivity index (χ3n) is 6.25. The summed E-state index contributed by atoms with van der Waals surface area (Å²) in [5, 5.41) is 4.00. The number of hydrogen-bond acceptors (Lipinski definition) is 7. The lowest BCUT2D eigenvalue weighted by Crippen LogP contribution is -2.46. The Bertz CT molecular complexity index is 1790. The Hall–Kier alpha value is -4.32. The molecule has 0 aromatic heterocycles. The lowest BCUT2D eigenvalue weighted by atomic mass is 10.1. The van der Waals surface area contributed by atoms with E-state index in [1.54, 1.807) is 36.4 Å². The molecule has 0 saturated heterocycles. The van der Waals surface area contributed by atoms with Gasteiger partial charge in [-0.3, -0.25) is 4.79 Å². The Kier molecular flexibility index (Phi) is 9.56. The average Bonchev–Trinajstić information content (AvgIpc) is 2.94. The van der Waals surface area contributed by atoms with E-state index in [0.717, 1.165) is 22.3 Å². The highest BCUT2D eigenvalue weighted by Crippen LogP contribution is 2.21. The molecule has 0 aliphatic heterocycles. The van der Waals surface area contributed by atoms with E-state index in [2.05, 4.69) is 15.2 Å². The van der Waals surface area contributed by atoms with Crippen molar-refractivity contribution in [2.75, 3.05) is 0 Å². The number of nitrogens with zero attached hydrogens (tertiary/aromatic N) is 1. The van der Waals surface area contributed by atoms with Crippen LogP contribution in [0.1, 0.15) is 27.8 Å². The minimum atomic E-state index is -4.06. The Labute approximate surface area is 246 Å². The van der Waals surface area contributed by atoms with Gasteiger partial charge in [-0.2, -0.15) is 18.2 Å². The zero-order chi connectivity index (χ0) is 30.3. The van der Waals surface area contributed by atoms with Crippen molar-refractivity contribution in [3.63, 3.8) is 0 Å². The molecule has 0 fully saturated rings. The van der Waals surface area contributed by atoms with Gasteiger partial charge in [-0.05, 0) is 74.7 Å². The summed E-state index contributed by atoms with van der Waals surface area (Å²) in [4.78, 5) is 13.2. The van der Waals surface area contributed by atoms with Crippen molar-refractivity contribution < 1.29 is 25.8 Å².